The Morgan fingerprint density at radius 3 is 2.86 bits per heavy atom. The number of fused-ring (bicyclic) bond motifs is 1. The number of pyridine rings is 1. The first kappa shape index (κ1) is 18.2. The van der Waals surface area contributed by atoms with Crippen molar-refractivity contribution in [1.29, 1.82) is 0 Å². The maximum atomic E-state index is 13.9. The molecule has 1 atom stereocenters. The molecule has 2 N–H and O–H groups in total. The van der Waals surface area contributed by atoms with Gasteiger partial charge in [-0.25, -0.2) is 9.37 Å². The predicted octanol–water partition coefficient (Wildman–Crippen LogP) is 4.31. The quantitative estimate of drug-likeness (QED) is 0.710. The normalized spacial score (nSPS) is 16.7. The van der Waals surface area contributed by atoms with E-state index in [4.69, 9.17) is 4.74 Å². The summed E-state index contributed by atoms with van der Waals surface area (Å²) in [5.74, 6) is 0.422. The lowest BCUT2D eigenvalue weighted by atomic mass is 9.87. The second-order valence-corrected chi connectivity index (χ2v) is 6.96. The van der Waals surface area contributed by atoms with Crippen molar-refractivity contribution in [2.24, 2.45) is 5.92 Å². The van der Waals surface area contributed by atoms with Gasteiger partial charge in [0, 0.05) is 35.8 Å². The van der Waals surface area contributed by atoms with Gasteiger partial charge in [0.05, 0.1) is 7.11 Å². The molecular formula is C22H22FN3O2. The lowest BCUT2D eigenvalue weighted by molar-refractivity contribution is -0.124. The van der Waals surface area contributed by atoms with Crippen molar-refractivity contribution in [2.75, 3.05) is 14.2 Å². The van der Waals surface area contributed by atoms with Crippen molar-refractivity contribution in [1.82, 2.24) is 15.3 Å². The van der Waals surface area contributed by atoms with Gasteiger partial charge >= 0.3 is 0 Å². The van der Waals surface area contributed by atoms with E-state index in [9.17, 15) is 9.18 Å². The third-order valence-corrected chi connectivity index (χ3v) is 5.36. The van der Waals surface area contributed by atoms with Crippen LogP contribution in [0.3, 0.4) is 0 Å². The number of nitrogens with one attached hydrogen (secondary N) is 2. The van der Waals surface area contributed by atoms with Crippen molar-refractivity contribution in [2.45, 2.75) is 19.3 Å². The van der Waals surface area contributed by atoms with E-state index < -0.39 is 0 Å². The average Bonchev–Trinajstić information content (AvgIpc) is 3.17. The van der Waals surface area contributed by atoms with Crippen molar-refractivity contribution in [3.05, 3.63) is 54.1 Å². The molecule has 0 saturated heterocycles. The van der Waals surface area contributed by atoms with Crippen molar-refractivity contribution in [3.8, 4) is 16.9 Å². The highest BCUT2D eigenvalue weighted by molar-refractivity contribution is 5.96. The van der Waals surface area contributed by atoms with Crippen LogP contribution in [0.15, 0.2) is 42.6 Å². The molecule has 0 fully saturated rings. The maximum absolute atomic E-state index is 13.9. The number of hydrogen-bond acceptors (Lipinski definition) is 3. The molecular weight excluding hydrogens is 357 g/mol. The van der Waals surface area contributed by atoms with Crippen LogP contribution in [0.5, 0.6) is 5.75 Å². The molecule has 1 aliphatic rings. The fraction of sp³-hybridized carbons (Fsp3) is 0.273. The van der Waals surface area contributed by atoms with Crippen molar-refractivity contribution >= 4 is 22.5 Å². The highest BCUT2D eigenvalue weighted by atomic mass is 19.1. The highest BCUT2D eigenvalue weighted by Crippen LogP contribution is 2.37. The number of carbonyl (C=O) groups excluding carboxylic acids is 1. The summed E-state index contributed by atoms with van der Waals surface area (Å²) in [6.07, 6.45) is 6.19. The molecule has 144 valence electrons. The van der Waals surface area contributed by atoms with E-state index in [0.717, 1.165) is 41.6 Å². The summed E-state index contributed by atoms with van der Waals surface area (Å²) >= 11 is 0. The third-order valence-electron chi connectivity index (χ3n) is 5.36. The number of ether oxygens (including phenoxy) is 1. The van der Waals surface area contributed by atoms with Crippen LogP contribution in [0.4, 0.5) is 4.39 Å². The minimum atomic E-state index is -0.313. The molecule has 2 heterocycles. The maximum Gasteiger partial charge on any atom is 0.223 e. The van der Waals surface area contributed by atoms with E-state index in [1.165, 1.54) is 17.7 Å². The summed E-state index contributed by atoms with van der Waals surface area (Å²) < 4.78 is 19.3. The van der Waals surface area contributed by atoms with Crippen LogP contribution in [0, 0.1) is 11.7 Å². The van der Waals surface area contributed by atoms with Crippen LogP contribution in [0.2, 0.25) is 0 Å². The number of allylic oxidation sites excluding steroid dienone is 2. The standard InChI is InChI=1S/C22H22FN3O2/c1-24-22(27)14-5-3-13(4-6-14)19-12-18-16(9-10-25-21(18)26-19)17-11-15(23)7-8-20(17)28-2/h3,7-12,14H,4-6H2,1-2H3,(H,24,27)(H,25,26). The smallest absolute Gasteiger partial charge is 0.223 e. The summed E-state index contributed by atoms with van der Waals surface area (Å²) in [5.41, 5.74) is 4.46. The fourth-order valence-electron chi connectivity index (χ4n) is 3.85. The van der Waals surface area contributed by atoms with Gasteiger partial charge in [-0.2, -0.15) is 0 Å². The lowest BCUT2D eigenvalue weighted by Gasteiger charge is -2.19. The summed E-state index contributed by atoms with van der Waals surface area (Å²) in [5, 5.41) is 3.64. The summed E-state index contributed by atoms with van der Waals surface area (Å²) in [7, 11) is 3.25. The van der Waals surface area contributed by atoms with Crippen LogP contribution in [0.25, 0.3) is 27.7 Å². The first-order chi connectivity index (χ1) is 13.6. The van der Waals surface area contributed by atoms with Crippen LogP contribution in [-0.4, -0.2) is 30.0 Å². The van der Waals surface area contributed by atoms with E-state index in [1.807, 2.05) is 12.1 Å². The van der Waals surface area contributed by atoms with Crippen LogP contribution >= 0.6 is 0 Å². The Labute approximate surface area is 162 Å². The molecule has 1 aliphatic carbocycles. The Bertz CT molecular complexity index is 1070. The fourth-order valence-corrected chi connectivity index (χ4v) is 3.85. The van der Waals surface area contributed by atoms with Crippen molar-refractivity contribution < 1.29 is 13.9 Å². The van der Waals surface area contributed by atoms with Crippen LogP contribution in [0.1, 0.15) is 25.0 Å². The Morgan fingerprint density at radius 1 is 1.29 bits per heavy atom. The third kappa shape index (κ3) is 3.26. The molecule has 0 radical (unpaired) electrons. The average molecular weight is 379 g/mol. The van der Waals surface area contributed by atoms with Gasteiger partial charge in [0.1, 0.15) is 17.2 Å². The molecule has 1 unspecified atom stereocenters. The van der Waals surface area contributed by atoms with E-state index in [-0.39, 0.29) is 17.6 Å². The molecule has 1 aromatic carbocycles. The molecule has 5 nitrogen and oxygen atoms in total. The molecule has 0 spiro atoms. The van der Waals surface area contributed by atoms with Gasteiger partial charge in [0.2, 0.25) is 5.91 Å². The minimum absolute atomic E-state index is 0.0309. The van der Waals surface area contributed by atoms with Gasteiger partial charge in [-0.05, 0) is 60.7 Å². The number of benzene rings is 1. The number of rotatable bonds is 4. The molecule has 3 aromatic rings. The Morgan fingerprint density at radius 2 is 2.14 bits per heavy atom. The molecule has 0 aliphatic heterocycles. The SMILES string of the molecule is CNC(=O)C1CC=C(c2cc3c(-c4cc(F)ccc4OC)ccnc3[nH]2)CC1. The number of H-pyrrole nitrogens is 1. The zero-order chi connectivity index (χ0) is 19.7. The van der Waals surface area contributed by atoms with E-state index in [1.54, 1.807) is 26.4 Å². The first-order valence-corrected chi connectivity index (χ1v) is 9.33. The van der Waals surface area contributed by atoms with Crippen molar-refractivity contribution in [3.63, 3.8) is 0 Å². The Hall–Kier alpha value is -3.15. The van der Waals surface area contributed by atoms with Gasteiger partial charge in [-0.3, -0.25) is 4.79 Å². The number of halogens is 1. The summed E-state index contributed by atoms with van der Waals surface area (Å²) in [6, 6.07) is 8.42. The Balaban J connectivity index is 1.74. The number of aromatic nitrogens is 2. The Kier molecular flexibility index (Phi) is 4.86. The lowest BCUT2D eigenvalue weighted by Crippen LogP contribution is -2.28. The number of nitrogens with zero attached hydrogens (tertiary/aromatic N) is 1. The molecule has 0 bridgehead atoms. The summed E-state index contributed by atoms with van der Waals surface area (Å²) in [6.45, 7) is 0. The zero-order valence-electron chi connectivity index (χ0n) is 15.9. The van der Waals surface area contributed by atoms with Gasteiger partial charge in [0.25, 0.3) is 0 Å². The molecule has 6 heteroatoms. The highest BCUT2D eigenvalue weighted by Gasteiger charge is 2.22. The van der Waals surface area contributed by atoms with Gasteiger partial charge in [0.15, 0.2) is 0 Å². The largest absolute Gasteiger partial charge is 0.496 e. The minimum Gasteiger partial charge on any atom is -0.496 e. The van der Waals surface area contributed by atoms with Crippen LogP contribution < -0.4 is 10.1 Å². The number of methoxy groups -OCH3 is 1. The topological polar surface area (TPSA) is 67.0 Å². The van der Waals surface area contributed by atoms with Gasteiger partial charge in [-0.1, -0.05) is 6.08 Å². The molecule has 2 aromatic heterocycles. The second-order valence-electron chi connectivity index (χ2n) is 6.96. The molecule has 4 rings (SSSR count). The van der Waals surface area contributed by atoms with Gasteiger partial charge in [-0.15, -0.1) is 0 Å². The first-order valence-electron chi connectivity index (χ1n) is 9.33. The monoisotopic (exact) mass is 379 g/mol. The van der Waals surface area contributed by atoms with Crippen LogP contribution in [-0.2, 0) is 4.79 Å². The predicted molar refractivity (Wildman–Crippen MR) is 107 cm³/mol. The molecule has 0 saturated carbocycles. The second kappa shape index (κ2) is 7.46. The van der Waals surface area contributed by atoms with Gasteiger partial charge < -0.3 is 15.0 Å². The van der Waals surface area contributed by atoms with E-state index in [0.29, 0.717) is 11.3 Å². The number of amides is 1. The number of aromatic amines is 1. The molecule has 28 heavy (non-hydrogen) atoms. The summed E-state index contributed by atoms with van der Waals surface area (Å²) in [4.78, 5) is 19.6. The number of hydrogen-bond donors (Lipinski definition) is 2. The van der Waals surface area contributed by atoms with E-state index in [2.05, 4.69) is 21.4 Å². The van der Waals surface area contributed by atoms with E-state index >= 15 is 0 Å². The zero-order valence-corrected chi connectivity index (χ0v) is 15.9. The number of carbonyl (C=O) groups is 1. The molecule has 1 amide bonds.